The smallest absolute Gasteiger partial charge is 0.251 e. The van der Waals surface area contributed by atoms with Gasteiger partial charge in [0.05, 0.1) is 18.7 Å². The Morgan fingerprint density at radius 3 is 2.54 bits per heavy atom. The summed E-state index contributed by atoms with van der Waals surface area (Å²) < 4.78 is 5.14. The Morgan fingerprint density at radius 1 is 1.25 bits per heavy atom. The summed E-state index contributed by atoms with van der Waals surface area (Å²) in [5, 5.41) is 11.4. The van der Waals surface area contributed by atoms with Crippen molar-refractivity contribution in [1.82, 2.24) is 5.32 Å². The van der Waals surface area contributed by atoms with Crippen molar-refractivity contribution in [3.8, 4) is 11.8 Å². The van der Waals surface area contributed by atoms with E-state index in [0.717, 1.165) is 5.56 Å². The summed E-state index contributed by atoms with van der Waals surface area (Å²) in [7, 11) is 1.55. The van der Waals surface area contributed by atoms with Gasteiger partial charge in [-0.1, -0.05) is 12.1 Å². The van der Waals surface area contributed by atoms with E-state index < -0.39 is 17.9 Å². The quantitative estimate of drug-likeness (QED) is 0.838. The van der Waals surface area contributed by atoms with Gasteiger partial charge in [-0.25, -0.2) is 0 Å². The molecule has 2 aromatic carbocycles. The molecule has 0 aliphatic heterocycles. The lowest BCUT2D eigenvalue weighted by molar-refractivity contribution is -0.119. The zero-order valence-electron chi connectivity index (χ0n) is 13.2. The third-order valence-electron chi connectivity index (χ3n) is 3.50. The molecule has 0 saturated carbocycles. The van der Waals surface area contributed by atoms with E-state index in [1.54, 1.807) is 25.3 Å². The molecule has 0 aliphatic carbocycles. The molecule has 3 N–H and O–H groups in total. The number of nitrogens with two attached hydrogens (primary N) is 1. The van der Waals surface area contributed by atoms with Crippen LogP contribution in [0.4, 0.5) is 0 Å². The number of carbonyl (C=O) groups excluding carboxylic acids is 2. The van der Waals surface area contributed by atoms with Crippen molar-refractivity contribution in [3.05, 3.63) is 65.2 Å². The van der Waals surface area contributed by atoms with Gasteiger partial charge in [0.15, 0.2) is 0 Å². The van der Waals surface area contributed by atoms with Gasteiger partial charge in [0.1, 0.15) is 11.8 Å². The molecule has 0 aliphatic rings. The molecule has 0 bridgehead atoms. The number of nitriles is 1. The van der Waals surface area contributed by atoms with Crippen molar-refractivity contribution >= 4 is 11.8 Å². The van der Waals surface area contributed by atoms with Crippen LogP contribution in [-0.2, 0) is 11.2 Å². The summed E-state index contributed by atoms with van der Waals surface area (Å²) in [4.78, 5) is 23.9. The molecule has 0 heterocycles. The number of amides is 2. The Morgan fingerprint density at radius 2 is 1.96 bits per heavy atom. The van der Waals surface area contributed by atoms with Crippen molar-refractivity contribution in [3.63, 3.8) is 0 Å². The molecule has 0 unspecified atom stereocenters. The number of carbonyl (C=O) groups is 2. The summed E-state index contributed by atoms with van der Waals surface area (Å²) in [5.74, 6) is -0.389. The van der Waals surface area contributed by atoms with Crippen LogP contribution in [0.1, 0.15) is 21.5 Å². The number of nitrogens with zero attached hydrogens (tertiary/aromatic N) is 1. The molecule has 0 radical (unpaired) electrons. The first-order chi connectivity index (χ1) is 11.5. The predicted octanol–water partition coefficient (Wildman–Crippen LogP) is 1.39. The van der Waals surface area contributed by atoms with Crippen LogP contribution in [0.2, 0.25) is 0 Å². The zero-order chi connectivity index (χ0) is 17.5. The third-order valence-corrected chi connectivity index (χ3v) is 3.50. The standard InChI is InChI=1S/C18H17N3O3/c1-24-15-4-2-3-13(9-15)10-16(17(20)22)21-18(23)14-7-5-12(11-19)6-8-14/h2-9,16H,10H2,1H3,(H2,20,22)(H,21,23)/t16-/m0/s1. The lowest BCUT2D eigenvalue weighted by atomic mass is 10.0. The Hall–Kier alpha value is -3.33. The topological polar surface area (TPSA) is 105 Å². The maximum absolute atomic E-state index is 12.2. The molecule has 24 heavy (non-hydrogen) atoms. The largest absolute Gasteiger partial charge is 0.497 e. The molecular weight excluding hydrogens is 306 g/mol. The number of primary amides is 1. The number of benzene rings is 2. The van der Waals surface area contributed by atoms with Gasteiger partial charge in [-0.05, 0) is 42.0 Å². The van der Waals surface area contributed by atoms with E-state index in [0.29, 0.717) is 16.9 Å². The van der Waals surface area contributed by atoms with Crippen LogP contribution in [0, 0.1) is 11.3 Å². The van der Waals surface area contributed by atoms with E-state index in [1.807, 2.05) is 12.1 Å². The molecule has 2 aromatic rings. The lowest BCUT2D eigenvalue weighted by Crippen LogP contribution is -2.45. The fraction of sp³-hybridized carbons (Fsp3) is 0.167. The highest BCUT2D eigenvalue weighted by Crippen LogP contribution is 2.14. The minimum atomic E-state index is -0.847. The highest BCUT2D eigenvalue weighted by molar-refractivity contribution is 5.97. The van der Waals surface area contributed by atoms with Crippen LogP contribution in [0.3, 0.4) is 0 Å². The zero-order valence-corrected chi connectivity index (χ0v) is 13.2. The molecule has 2 rings (SSSR count). The SMILES string of the molecule is COc1cccc(C[C@H](NC(=O)c2ccc(C#N)cc2)C(N)=O)c1. The normalized spacial score (nSPS) is 11.2. The van der Waals surface area contributed by atoms with E-state index in [4.69, 9.17) is 15.7 Å². The minimum absolute atomic E-state index is 0.258. The Balaban J connectivity index is 2.11. The Labute approximate surface area is 139 Å². The van der Waals surface area contributed by atoms with Gasteiger partial charge < -0.3 is 15.8 Å². The summed E-state index contributed by atoms with van der Waals surface area (Å²) in [6.45, 7) is 0. The molecule has 2 amide bonds. The van der Waals surface area contributed by atoms with E-state index >= 15 is 0 Å². The maximum atomic E-state index is 12.2. The first-order valence-corrected chi connectivity index (χ1v) is 7.26. The van der Waals surface area contributed by atoms with Crippen molar-refractivity contribution in [1.29, 1.82) is 5.26 Å². The first kappa shape index (κ1) is 17.0. The van der Waals surface area contributed by atoms with Gasteiger partial charge in [0.25, 0.3) is 5.91 Å². The lowest BCUT2D eigenvalue weighted by Gasteiger charge is -2.16. The van der Waals surface area contributed by atoms with Crippen molar-refractivity contribution in [2.75, 3.05) is 7.11 Å². The number of methoxy groups -OCH3 is 1. The van der Waals surface area contributed by atoms with Crippen LogP contribution in [0.5, 0.6) is 5.75 Å². The van der Waals surface area contributed by atoms with Crippen molar-refractivity contribution in [2.24, 2.45) is 5.73 Å². The van der Waals surface area contributed by atoms with Gasteiger partial charge in [0, 0.05) is 12.0 Å². The van der Waals surface area contributed by atoms with Gasteiger partial charge >= 0.3 is 0 Å². The molecule has 122 valence electrons. The number of nitrogens with one attached hydrogen (secondary N) is 1. The molecule has 6 heteroatoms. The summed E-state index contributed by atoms with van der Waals surface area (Å²) in [6.07, 6.45) is 0.258. The third kappa shape index (κ3) is 4.34. The average molecular weight is 323 g/mol. The van der Waals surface area contributed by atoms with E-state index in [9.17, 15) is 9.59 Å². The van der Waals surface area contributed by atoms with Gasteiger partial charge in [-0.2, -0.15) is 5.26 Å². The number of hydrogen-bond donors (Lipinski definition) is 2. The fourth-order valence-electron chi connectivity index (χ4n) is 2.20. The number of ether oxygens (including phenoxy) is 1. The highest BCUT2D eigenvalue weighted by atomic mass is 16.5. The Kier molecular flexibility index (Phi) is 5.53. The first-order valence-electron chi connectivity index (χ1n) is 7.26. The summed E-state index contributed by atoms with van der Waals surface area (Å²) in [6, 6.07) is 14.5. The molecule has 0 aromatic heterocycles. The second kappa shape index (κ2) is 7.79. The van der Waals surface area contributed by atoms with E-state index in [1.165, 1.54) is 24.3 Å². The maximum Gasteiger partial charge on any atom is 0.251 e. The fourth-order valence-corrected chi connectivity index (χ4v) is 2.20. The summed E-state index contributed by atoms with van der Waals surface area (Å²) >= 11 is 0. The minimum Gasteiger partial charge on any atom is -0.497 e. The van der Waals surface area contributed by atoms with Gasteiger partial charge in [-0.15, -0.1) is 0 Å². The predicted molar refractivity (Wildman–Crippen MR) is 88.3 cm³/mol. The van der Waals surface area contributed by atoms with Crippen molar-refractivity contribution < 1.29 is 14.3 Å². The van der Waals surface area contributed by atoms with Gasteiger partial charge in [0.2, 0.25) is 5.91 Å². The summed E-state index contributed by atoms with van der Waals surface area (Å²) in [5.41, 5.74) is 7.02. The molecule has 0 spiro atoms. The molecule has 1 atom stereocenters. The van der Waals surface area contributed by atoms with Crippen LogP contribution in [0.15, 0.2) is 48.5 Å². The number of rotatable bonds is 6. The second-order valence-corrected chi connectivity index (χ2v) is 5.17. The van der Waals surface area contributed by atoms with Crippen molar-refractivity contribution in [2.45, 2.75) is 12.5 Å². The molecular formula is C18H17N3O3. The van der Waals surface area contributed by atoms with Crippen LogP contribution >= 0.6 is 0 Å². The Bertz CT molecular complexity index is 779. The van der Waals surface area contributed by atoms with Crippen LogP contribution in [0.25, 0.3) is 0 Å². The monoisotopic (exact) mass is 323 g/mol. The second-order valence-electron chi connectivity index (χ2n) is 5.17. The highest BCUT2D eigenvalue weighted by Gasteiger charge is 2.19. The van der Waals surface area contributed by atoms with E-state index in [2.05, 4.69) is 5.32 Å². The molecule has 0 saturated heterocycles. The van der Waals surface area contributed by atoms with Gasteiger partial charge in [-0.3, -0.25) is 9.59 Å². The van der Waals surface area contributed by atoms with Crippen LogP contribution in [-0.4, -0.2) is 25.0 Å². The van der Waals surface area contributed by atoms with E-state index in [-0.39, 0.29) is 6.42 Å². The molecule has 0 fully saturated rings. The number of hydrogen-bond acceptors (Lipinski definition) is 4. The molecule has 6 nitrogen and oxygen atoms in total. The average Bonchev–Trinajstić information content (AvgIpc) is 2.61. The van der Waals surface area contributed by atoms with Crippen LogP contribution < -0.4 is 15.8 Å².